The van der Waals surface area contributed by atoms with Gasteiger partial charge in [-0.3, -0.25) is 14.9 Å². The van der Waals surface area contributed by atoms with E-state index in [4.69, 9.17) is 27.6 Å². The molecule has 2 atom stereocenters. The van der Waals surface area contributed by atoms with E-state index in [0.29, 0.717) is 47.4 Å². The molecule has 0 radical (unpaired) electrons. The highest BCUT2D eigenvalue weighted by atomic mass is 16.5. The van der Waals surface area contributed by atoms with Crippen LogP contribution in [-0.4, -0.2) is 48.0 Å². The predicted octanol–water partition coefficient (Wildman–Crippen LogP) is 1.32. The molecule has 0 fully saturated rings. The van der Waals surface area contributed by atoms with Crippen LogP contribution in [0, 0.1) is 47.9 Å². The molecule has 0 spiro atoms. The molecule has 9 nitrogen and oxygen atoms in total. The van der Waals surface area contributed by atoms with Crippen LogP contribution in [0.15, 0.2) is 18.2 Å². The van der Waals surface area contributed by atoms with Crippen molar-refractivity contribution in [2.45, 2.75) is 25.0 Å². The number of rotatable bonds is 7. The number of methoxy groups -OCH3 is 2. The summed E-state index contributed by atoms with van der Waals surface area (Å²) in [5, 5.41) is 11.9. The predicted molar refractivity (Wildman–Crippen MR) is 128 cm³/mol. The van der Waals surface area contributed by atoms with Crippen LogP contribution >= 0.6 is 0 Å². The third-order valence-electron chi connectivity index (χ3n) is 5.49. The van der Waals surface area contributed by atoms with Crippen molar-refractivity contribution >= 4 is 17.4 Å². The Morgan fingerprint density at radius 3 is 2.49 bits per heavy atom. The molecule has 2 unspecified atom stereocenters. The molecule has 2 heterocycles. The fraction of sp³-hybridized carbons (Fsp3) is 0.308. The first-order valence-electron chi connectivity index (χ1n) is 10.6. The van der Waals surface area contributed by atoms with E-state index in [-0.39, 0.29) is 6.42 Å². The van der Waals surface area contributed by atoms with Gasteiger partial charge in [0.1, 0.15) is 6.04 Å². The van der Waals surface area contributed by atoms with E-state index in [1.54, 1.807) is 41.8 Å². The Balaban J connectivity index is 2.11. The number of anilines is 1. The maximum atomic E-state index is 12.6. The Labute approximate surface area is 204 Å². The highest BCUT2D eigenvalue weighted by Crippen LogP contribution is 2.34. The lowest BCUT2D eigenvalue weighted by Gasteiger charge is -2.38. The fourth-order valence-electron chi connectivity index (χ4n) is 3.78. The number of terminal acetylenes is 2. The molecule has 0 saturated heterocycles. The monoisotopic (exact) mass is 469 g/mol. The zero-order valence-electron chi connectivity index (χ0n) is 19.6. The van der Waals surface area contributed by atoms with E-state index >= 15 is 0 Å². The maximum absolute atomic E-state index is 12.6. The first kappa shape index (κ1) is 24.9. The van der Waals surface area contributed by atoms with Crippen LogP contribution in [0.5, 0.6) is 11.5 Å². The van der Waals surface area contributed by atoms with Crippen LogP contribution in [0.2, 0.25) is 0 Å². The molecule has 0 saturated carbocycles. The van der Waals surface area contributed by atoms with E-state index in [0.717, 1.165) is 0 Å². The van der Waals surface area contributed by atoms with Gasteiger partial charge in [0.25, 0.3) is 0 Å². The topological polar surface area (TPSA) is 109 Å². The van der Waals surface area contributed by atoms with E-state index in [1.807, 2.05) is 0 Å². The minimum atomic E-state index is -1.02. The molecule has 0 aliphatic carbocycles. The third-order valence-corrected chi connectivity index (χ3v) is 5.49. The molecule has 0 bridgehead atoms. The molecule has 1 aromatic carbocycles. The molecule has 3 rings (SSSR count). The summed E-state index contributed by atoms with van der Waals surface area (Å²) in [5.74, 6) is 10.9. The average Bonchev–Trinajstić information content (AvgIpc) is 3.22. The highest BCUT2D eigenvalue weighted by Gasteiger charge is 2.41. The summed E-state index contributed by atoms with van der Waals surface area (Å²) >= 11 is 0. The Hall–Kier alpha value is -4.70. The highest BCUT2D eigenvalue weighted by molar-refractivity contribution is 6.04. The normalized spacial score (nSPS) is 15.9. The lowest BCUT2D eigenvalue weighted by molar-refractivity contribution is -0.118. The number of ether oxygens (including phenoxy) is 2. The van der Waals surface area contributed by atoms with Crippen molar-refractivity contribution in [2.75, 3.05) is 25.7 Å². The summed E-state index contributed by atoms with van der Waals surface area (Å²) in [7, 11) is 4.79. The van der Waals surface area contributed by atoms with Crippen molar-refractivity contribution in [1.82, 2.24) is 14.9 Å². The van der Waals surface area contributed by atoms with Gasteiger partial charge in [0, 0.05) is 25.6 Å². The number of nitrogens with one attached hydrogen (secondary N) is 1. The van der Waals surface area contributed by atoms with Gasteiger partial charge in [-0.25, -0.2) is 4.98 Å². The van der Waals surface area contributed by atoms with Gasteiger partial charge in [-0.2, -0.15) is 5.26 Å². The molecule has 2 aromatic rings. The minimum absolute atomic E-state index is 0.272. The lowest BCUT2D eigenvalue weighted by Crippen LogP contribution is -2.57. The van der Waals surface area contributed by atoms with Gasteiger partial charge in [-0.1, -0.05) is 5.92 Å². The lowest BCUT2D eigenvalue weighted by atomic mass is 10.0. The van der Waals surface area contributed by atoms with Crippen LogP contribution in [0.1, 0.15) is 36.0 Å². The molecule has 9 heteroatoms. The largest absolute Gasteiger partial charge is 0.493 e. The zero-order valence-corrected chi connectivity index (χ0v) is 19.6. The number of nitriles is 1. The Morgan fingerprint density at radius 2 is 1.86 bits per heavy atom. The number of hydrogen-bond acceptors (Lipinski definition) is 8. The van der Waals surface area contributed by atoms with Crippen LogP contribution in [-0.2, 0) is 16.6 Å². The number of carbonyl (C=O) groups excluding carboxylic acids is 2. The quantitative estimate of drug-likeness (QED) is 0.367. The molecular weight excluding hydrogens is 446 g/mol. The second-order valence-corrected chi connectivity index (χ2v) is 7.50. The number of carbonyl (C=O) groups is 2. The number of aromatic nitrogens is 2. The van der Waals surface area contributed by atoms with Gasteiger partial charge in [0.05, 0.1) is 26.0 Å². The van der Waals surface area contributed by atoms with E-state index in [1.165, 1.54) is 7.11 Å². The van der Waals surface area contributed by atoms with Gasteiger partial charge in [0.2, 0.25) is 11.6 Å². The second kappa shape index (κ2) is 10.9. The Bertz CT molecular complexity index is 1340. The summed E-state index contributed by atoms with van der Waals surface area (Å²) in [6.07, 6.45) is 10.5. The van der Waals surface area contributed by atoms with Crippen molar-refractivity contribution < 1.29 is 19.1 Å². The number of ketones is 2. The molecule has 1 aliphatic heterocycles. The van der Waals surface area contributed by atoms with Crippen molar-refractivity contribution in [2.24, 2.45) is 7.05 Å². The molecule has 1 aromatic heterocycles. The van der Waals surface area contributed by atoms with Gasteiger partial charge < -0.3 is 18.9 Å². The summed E-state index contributed by atoms with van der Waals surface area (Å²) in [6, 6.07) is 6.33. The van der Waals surface area contributed by atoms with Gasteiger partial charge >= 0.3 is 0 Å². The second-order valence-electron chi connectivity index (χ2n) is 7.50. The summed E-state index contributed by atoms with van der Waals surface area (Å²) in [5.41, 5.74) is 1.12. The van der Waals surface area contributed by atoms with Crippen molar-refractivity contribution in [3.63, 3.8) is 0 Å². The first-order valence-corrected chi connectivity index (χ1v) is 10.6. The fourth-order valence-corrected chi connectivity index (χ4v) is 3.78. The van der Waals surface area contributed by atoms with Crippen LogP contribution < -0.4 is 19.7 Å². The number of hydrogen-bond donors (Lipinski definition) is 1. The standard InChI is InChI=1S/C26H23N5O4/c1-6-18(32)23-24-26(31(15-9-8-14-27)25(29-23)19(33)7-2)28-22(30(24)3)13-11-17-10-12-20(34-4)21(16-17)35-5/h1-2,10,12,16,23,25,29H,8-9,15H2,3-5H3. The first-order chi connectivity index (χ1) is 16.9. The van der Waals surface area contributed by atoms with Gasteiger partial charge in [0.15, 0.2) is 29.3 Å². The zero-order chi connectivity index (χ0) is 25.5. The average molecular weight is 470 g/mol. The van der Waals surface area contributed by atoms with E-state index in [9.17, 15) is 9.59 Å². The maximum Gasteiger partial charge on any atom is 0.242 e. The molecule has 176 valence electrons. The van der Waals surface area contributed by atoms with Crippen molar-refractivity contribution in [3.8, 4) is 54.1 Å². The number of imidazole rings is 1. The van der Waals surface area contributed by atoms with Crippen molar-refractivity contribution in [1.29, 1.82) is 5.26 Å². The van der Waals surface area contributed by atoms with Gasteiger partial charge in [-0.05, 0) is 42.4 Å². The summed E-state index contributed by atoms with van der Waals surface area (Å²) in [4.78, 5) is 31.4. The molecule has 0 amide bonds. The van der Waals surface area contributed by atoms with Crippen molar-refractivity contribution in [3.05, 3.63) is 35.3 Å². The van der Waals surface area contributed by atoms with Crippen LogP contribution in [0.25, 0.3) is 0 Å². The van der Waals surface area contributed by atoms with Gasteiger partial charge in [-0.15, -0.1) is 12.8 Å². The van der Waals surface area contributed by atoms with E-state index < -0.39 is 23.8 Å². The smallest absolute Gasteiger partial charge is 0.242 e. The Kier molecular flexibility index (Phi) is 7.80. The molecule has 1 N–H and O–H groups in total. The van der Waals surface area contributed by atoms with Crippen LogP contribution in [0.3, 0.4) is 0 Å². The third kappa shape index (κ3) is 4.97. The SMILES string of the molecule is C#CC(=O)C1NC(C(=O)C#C)N(CCCC#N)c2nc(C#Cc3ccc(OC)c(OC)c3)n(C)c21. The minimum Gasteiger partial charge on any atom is -0.493 e. The molecular formula is C26H23N5O4. The van der Waals surface area contributed by atoms with Crippen LogP contribution in [0.4, 0.5) is 5.82 Å². The number of fused-ring (bicyclic) bond motifs is 1. The van der Waals surface area contributed by atoms with E-state index in [2.05, 4.69) is 40.1 Å². The number of unbranched alkanes of at least 4 members (excludes halogenated alkanes) is 1. The number of Topliss-reactive ketones (excluding diaryl/α,β-unsaturated/α-hetero) is 2. The molecule has 35 heavy (non-hydrogen) atoms. The molecule has 1 aliphatic rings. The Morgan fingerprint density at radius 1 is 1.14 bits per heavy atom. The number of nitrogens with zero attached hydrogens (tertiary/aromatic N) is 4. The summed E-state index contributed by atoms with van der Waals surface area (Å²) < 4.78 is 12.2. The number of benzene rings is 1. The summed E-state index contributed by atoms with van der Waals surface area (Å²) in [6.45, 7) is 0.308.